The highest BCUT2D eigenvalue weighted by Gasteiger charge is 2.09. The molecule has 2 aromatic carbocycles. The lowest BCUT2D eigenvalue weighted by Crippen LogP contribution is -2.02. The van der Waals surface area contributed by atoms with E-state index in [1.165, 1.54) is 5.56 Å². The minimum Gasteiger partial charge on any atom is -0.289 e. The smallest absolute Gasteiger partial charge is 0.186 e. The number of benzene rings is 2. The van der Waals surface area contributed by atoms with Crippen molar-refractivity contribution in [2.45, 2.75) is 20.8 Å². The number of hydrogen-bond donors (Lipinski definition) is 0. The van der Waals surface area contributed by atoms with Crippen LogP contribution in [0.4, 0.5) is 0 Å². The van der Waals surface area contributed by atoms with Gasteiger partial charge in [0.1, 0.15) is 0 Å². The van der Waals surface area contributed by atoms with Gasteiger partial charge in [-0.3, -0.25) is 4.79 Å². The zero-order valence-electron chi connectivity index (χ0n) is 11.9. The summed E-state index contributed by atoms with van der Waals surface area (Å²) >= 11 is 5.84. The molecule has 0 saturated heterocycles. The first-order chi connectivity index (χ1) is 9.47. The van der Waals surface area contributed by atoms with Gasteiger partial charge in [-0.15, -0.1) is 0 Å². The summed E-state index contributed by atoms with van der Waals surface area (Å²) in [4.78, 5) is 12.3. The van der Waals surface area contributed by atoms with Gasteiger partial charge < -0.3 is 0 Å². The third kappa shape index (κ3) is 3.37. The first-order valence-electron chi connectivity index (χ1n) is 6.53. The van der Waals surface area contributed by atoms with Gasteiger partial charge >= 0.3 is 0 Å². The highest BCUT2D eigenvalue weighted by Crippen LogP contribution is 2.18. The molecule has 0 radical (unpaired) electrons. The Kier molecular flexibility index (Phi) is 4.41. The Morgan fingerprint density at radius 2 is 1.55 bits per heavy atom. The number of carbonyl (C=O) groups excluding carboxylic acids is 1. The molecule has 0 aliphatic heterocycles. The second-order valence-electron chi connectivity index (χ2n) is 5.02. The van der Waals surface area contributed by atoms with E-state index in [1.54, 1.807) is 6.08 Å². The average Bonchev–Trinajstić information content (AvgIpc) is 2.37. The first kappa shape index (κ1) is 14.5. The maximum Gasteiger partial charge on any atom is 0.186 e. The molecule has 2 heteroatoms. The van der Waals surface area contributed by atoms with Gasteiger partial charge in [0.05, 0.1) is 0 Å². The third-order valence-corrected chi connectivity index (χ3v) is 3.47. The van der Waals surface area contributed by atoms with Crippen LogP contribution in [-0.2, 0) is 0 Å². The number of ketones is 1. The van der Waals surface area contributed by atoms with E-state index in [0.717, 1.165) is 22.3 Å². The van der Waals surface area contributed by atoms with E-state index in [4.69, 9.17) is 11.6 Å². The van der Waals surface area contributed by atoms with Gasteiger partial charge in [0.25, 0.3) is 0 Å². The van der Waals surface area contributed by atoms with Gasteiger partial charge in [-0.25, -0.2) is 0 Å². The van der Waals surface area contributed by atoms with Crippen LogP contribution in [0.1, 0.15) is 32.6 Å². The van der Waals surface area contributed by atoms with Gasteiger partial charge in [-0.1, -0.05) is 47.5 Å². The van der Waals surface area contributed by atoms with Crippen molar-refractivity contribution in [3.05, 3.63) is 75.3 Å². The summed E-state index contributed by atoms with van der Waals surface area (Å²) in [7, 11) is 0. The lowest BCUT2D eigenvalue weighted by Gasteiger charge is -2.08. The number of halogens is 1. The van der Waals surface area contributed by atoms with Gasteiger partial charge in [-0.05, 0) is 55.7 Å². The van der Waals surface area contributed by atoms with Crippen molar-refractivity contribution in [3.8, 4) is 0 Å². The molecule has 2 rings (SSSR count). The Morgan fingerprint density at radius 1 is 1.00 bits per heavy atom. The SMILES string of the molecule is Cc1cc(C)c(C(=O)C=Cc2ccc(Cl)cc2)c(C)c1. The number of hydrogen-bond acceptors (Lipinski definition) is 1. The maximum absolute atomic E-state index is 12.3. The Balaban J connectivity index is 2.26. The monoisotopic (exact) mass is 284 g/mol. The highest BCUT2D eigenvalue weighted by atomic mass is 35.5. The number of rotatable bonds is 3. The lowest BCUT2D eigenvalue weighted by molar-refractivity contribution is 0.104. The van der Waals surface area contributed by atoms with Crippen LogP contribution in [-0.4, -0.2) is 5.78 Å². The van der Waals surface area contributed by atoms with E-state index in [-0.39, 0.29) is 5.78 Å². The molecule has 0 aliphatic carbocycles. The van der Waals surface area contributed by atoms with Gasteiger partial charge in [-0.2, -0.15) is 0 Å². The number of carbonyl (C=O) groups is 1. The molecule has 0 atom stereocenters. The van der Waals surface area contributed by atoms with E-state index >= 15 is 0 Å². The summed E-state index contributed by atoms with van der Waals surface area (Å²) in [6, 6.07) is 11.5. The van der Waals surface area contributed by atoms with Crippen LogP contribution >= 0.6 is 11.6 Å². The summed E-state index contributed by atoms with van der Waals surface area (Å²) in [5.41, 5.74) is 4.98. The largest absolute Gasteiger partial charge is 0.289 e. The topological polar surface area (TPSA) is 17.1 Å². The second kappa shape index (κ2) is 6.06. The molecule has 102 valence electrons. The molecule has 0 N–H and O–H groups in total. The molecule has 0 spiro atoms. The number of aryl methyl sites for hydroxylation is 3. The fourth-order valence-electron chi connectivity index (χ4n) is 2.40. The quantitative estimate of drug-likeness (QED) is 0.562. The fraction of sp³-hybridized carbons (Fsp3) is 0.167. The Bertz CT molecular complexity index is 643. The molecule has 0 aliphatic rings. The van der Waals surface area contributed by atoms with Crippen molar-refractivity contribution in [1.29, 1.82) is 0 Å². The molecule has 1 nitrogen and oxygen atoms in total. The standard InChI is InChI=1S/C18H17ClO/c1-12-10-13(2)18(14(3)11-12)17(20)9-6-15-4-7-16(19)8-5-15/h4-11H,1-3H3. The van der Waals surface area contributed by atoms with Crippen molar-refractivity contribution < 1.29 is 4.79 Å². The second-order valence-corrected chi connectivity index (χ2v) is 5.46. The molecule has 2 aromatic rings. The summed E-state index contributed by atoms with van der Waals surface area (Å²) in [5, 5.41) is 0.693. The minimum atomic E-state index is 0.0370. The predicted octanol–water partition coefficient (Wildman–Crippen LogP) is 5.16. The molecule has 0 unspecified atom stereocenters. The fourth-order valence-corrected chi connectivity index (χ4v) is 2.52. The zero-order valence-corrected chi connectivity index (χ0v) is 12.7. The molecule has 0 bridgehead atoms. The highest BCUT2D eigenvalue weighted by molar-refractivity contribution is 6.30. The zero-order chi connectivity index (χ0) is 14.7. The maximum atomic E-state index is 12.3. The first-order valence-corrected chi connectivity index (χ1v) is 6.91. The summed E-state index contributed by atoms with van der Waals surface area (Å²) in [5.74, 6) is 0.0370. The van der Waals surface area contributed by atoms with Crippen LogP contribution in [0.3, 0.4) is 0 Å². The van der Waals surface area contributed by atoms with Crippen molar-refractivity contribution in [1.82, 2.24) is 0 Å². The third-order valence-electron chi connectivity index (χ3n) is 3.22. The van der Waals surface area contributed by atoms with E-state index in [1.807, 2.05) is 63.2 Å². The Labute approximate surface area is 124 Å². The van der Waals surface area contributed by atoms with Gasteiger partial charge in [0.15, 0.2) is 5.78 Å². The van der Waals surface area contributed by atoms with Crippen molar-refractivity contribution in [3.63, 3.8) is 0 Å². The molecule has 0 heterocycles. The van der Waals surface area contributed by atoms with Crippen molar-refractivity contribution in [2.24, 2.45) is 0 Å². The van der Waals surface area contributed by atoms with Crippen LogP contribution in [0.25, 0.3) is 6.08 Å². The van der Waals surface area contributed by atoms with E-state index in [2.05, 4.69) is 0 Å². The molecular formula is C18H17ClO. The lowest BCUT2D eigenvalue weighted by atomic mass is 9.96. The summed E-state index contributed by atoms with van der Waals surface area (Å²) in [6.07, 6.45) is 3.44. The van der Waals surface area contributed by atoms with E-state index in [0.29, 0.717) is 5.02 Å². The van der Waals surface area contributed by atoms with Gasteiger partial charge in [0.2, 0.25) is 0 Å². The molecule has 20 heavy (non-hydrogen) atoms. The number of allylic oxidation sites excluding steroid dienone is 1. The Hall–Kier alpha value is -1.86. The van der Waals surface area contributed by atoms with Crippen LogP contribution in [0.5, 0.6) is 0 Å². The molecule has 0 fully saturated rings. The molecule has 0 amide bonds. The average molecular weight is 285 g/mol. The summed E-state index contributed by atoms with van der Waals surface area (Å²) in [6.45, 7) is 5.99. The minimum absolute atomic E-state index is 0.0370. The Morgan fingerprint density at radius 3 is 2.10 bits per heavy atom. The van der Waals surface area contributed by atoms with E-state index in [9.17, 15) is 4.79 Å². The molecule has 0 aromatic heterocycles. The molecule has 0 saturated carbocycles. The van der Waals surface area contributed by atoms with E-state index < -0.39 is 0 Å². The normalized spacial score (nSPS) is 11.0. The van der Waals surface area contributed by atoms with Crippen LogP contribution in [0.15, 0.2) is 42.5 Å². The van der Waals surface area contributed by atoms with Gasteiger partial charge in [0, 0.05) is 10.6 Å². The predicted molar refractivity (Wildman–Crippen MR) is 85.5 cm³/mol. The summed E-state index contributed by atoms with van der Waals surface area (Å²) < 4.78 is 0. The van der Waals surface area contributed by atoms with Crippen molar-refractivity contribution >= 4 is 23.5 Å². The van der Waals surface area contributed by atoms with Crippen LogP contribution in [0, 0.1) is 20.8 Å². The molecular weight excluding hydrogens is 268 g/mol. The van der Waals surface area contributed by atoms with Crippen LogP contribution in [0.2, 0.25) is 5.02 Å². The van der Waals surface area contributed by atoms with Crippen LogP contribution < -0.4 is 0 Å². The van der Waals surface area contributed by atoms with Crippen molar-refractivity contribution in [2.75, 3.05) is 0 Å².